The van der Waals surface area contributed by atoms with Crippen LogP contribution in [0.1, 0.15) is 92.7 Å². The van der Waals surface area contributed by atoms with Crippen molar-refractivity contribution in [3.05, 3.63) is 58.6 Å². The molecule has 0 aliphatic carbocycles. The van der Waals surface area contributed by atoms with Gasteiger partial charge < -0.3 is 29.7 Å². The first-order chi connectivity index (χ1) is 23.4. The van der Waals surface area contributed by atoms with Gasteiger partial charge in [-0.25, -0.2) is 0 Å². The zero-order valence-corrected chi connectivity index (χ0v) is 32.2. The highest BCUT2D eigenvalue weighted by Crippen LogP contribution is 2.60. The molecule has 1 aromatic rings. The van der Waals surface area contributed by atoms with E-state index >= 15 is 4.79 Å². The fourth-order valence-electron chi connectivity index (χ4n) is 8.81. The van der Waals surface area contributed by atoms with Crippen molar-refractivity contribution in [1.29, 1.82) is 0 Å². The van der Waals surface area contributed by atoms with E-state index in [1.54, 1.807) is 17.9 Å². The lowest BCUT2D eigenvalue weighted by molar-refractivity contribution is -0.162. The molecule has 5 bridgehead atoms. The van der Waals surface area contributed by atoms with Crippen molar-refractivity contribution >= 4 is 39.6 Å². The molecular formula is C39H54BrN3O7. The quantitative estimate of drug-likeness (QED) is 0.280. The van der Waals surface area contributed by atoms with E-state index in [1.165, 1.54) is 4.90 Å². The molecule has 2 fully saturated rings. The summed E-state index contributed by atoms with van der Waals surface area (Å²) in [5.74, 6) is -3.58. The van der Waals surface area contributed by atoms with Gasteiger partial charge in [0.25, 0.3) is 0 Å². The van der Waals surface area contributed by atoms with Crippen LogP contribution in [0.2, 0.25) is 0 Å². The summed E-state index contributed by atoms with van der Waals surface area (Å²) in [5.41, 5.74) is -1.57. The van der Waals surface area contributed by atoms with Crippen molar-refractivity contribution in [3.8, 4) is 0 Å². The third-order valence-electron chi connectivity index (χ3n) is 10.4. The number of cyclic esters (lactones) is 1. The van der Waals surface area contributed by atoms with Crippen molar-refractivity contribution < 1.29 is 33.8 Å². The fraction of sp³-hybridized carbons (Fsp3) is 0.641. The lowest BCUT2D eigenvalue weighted by atomic mass is 9.74. The number of hydrogen-bond acceptors (Lipinski definition) is 7. The number of hydrogen-bond donors (Lipinski definition) is 2. The maximum absolute atomic E-state index is 15.3. The summed E-state index contributed by atoms with van der Waals surface area (Å²) in [4.78, 5) is 61.2. The van der Waals surface area contributed by atoms with Crippen molar-refractivity contribution in [3.63, 3.8) is 0 Å². The van der Waals surface area contributed by atoms with Crippen LogP contribution in [0.4, 0.5) is 0 Å². The van der Waals surface area contributed by atoms with E-state index in [0.29, 0.717) is 29.3 Å². The van der Waals surface area contributed by atoms with Gasteiger partial charge in [0.15, 0.2) is 0 Å². The number of aliphatic hydroxyl groups excluding tert-OH is 1. The Hall–Kier alpha value is -3.02. The van der Waals surface area contributed by atoms with E-state index in [4.69, 9.17) is 9.47 Å². The fourth-order valence-corrected chi connectivity index (χ4v) is 9.55. The first-order valence-electron chi connectivity index (χ1n) is 17.9. The number of likely N-dealkylation sites (tertiary alicyclic amines) is 1. The number of allylic oxidation sites excluding steroid dienone is 1. The molecule has 4 heterocycles. The lowest BCUT2D eigenvalue weighted by Crippen LogP contribution is -2.62. The first kappa shape index (κ1) is 38.2. The molecule has 0 aromatic heterocycles. The van der Waals surface area contributed by atoms with Crippen LogP contribution < -0.4 is 5.32 Å². The van der Waals surface area contributed by atoms with Gasteiger partial charge in [0.1, 0.15) is 29.8 Å². The van der Waals surface area contributed by atoms with Gasteiger partial charge in [-0.1, -0.05) is 93.0 Å². The summed E-state index contributed by atoms with van der Waals surface area (Å²) in [6.07, 6.45) is 5.70. The number of halogens is 1. The Labute approximate surface area is 305 Å². The number of carbonyl (C=O) groups is 4. The van der Waals surface area contributed by atoms with E-state index in [9.17, 15) is 19.5 Å². The van der Waals surface area contributed by atoms with E-state index in [-0.39, 0.29) is 42.7 Å². The number of amides is 3. The minimum absolute atomic E-state index is 0.110. The molecule has 8 atom stereocenters. The van der Waals surface area contributed by atoms with Gasteiger partial charge in [-0.2, -0.15) is 0 Å². The second kappa shape index (κ2) is 14.5. The number of nitrogens with one attached hydrogen (secondary N) is 1. The second-order valence-corrected chi connectivity index (χ2v) is 17.6. The van der Waals surface area contributed by atoms with E-state index in [0.717, 1.165) is 0 Å². The molecule has 50 heavy (non-hydrogen) atoms. The van der Waals surface area contributed by atoms with E-state index < -0.39 is 65.2 Å². The maximum atomic E-state index is 15.3. The van der Waals surface area contributed by atoms with Crippen molar-refractivity contribution in [2.75, 3.05) is 13.2 Å². The van der Waals surface area contributed by atoms with Crippen LogP contribution in [-0.4, -0.2) is 87.1 Å². The molecule has 4 aliphatic rings. The topological polar surface area (TPSA) is 125 Å². The average Bonchev–Trinajstić information content (AvgIpc) is 3.61. The number of ether oxygens (including phenoxy) is 2. The van der Waals surface area contributed by atoms with Crippen LogP contribution in [0.15, 0.2) is 53.0 Å². The number of aliphatic hydroxyl groups is 1. The van der Waals surface area contributed by atoms with Crippen LogP contribution in [0.5, 0.6) is 0 Å². The summed E-state index contributed by atoms with van der Waals surface area (Å²) in [5, 5.41) is 13.8. The van der Waals surface area contributed by atoms with Gasteiger partial charge in [0.05, 0.1) is 24.6 Å². The Morgan fingerprint density at radius 2 is 1.70 bits per heavy atom. The van der Waals surface area contributed by atoms with Gasteiger partial charge in [-0.05, 0) is 63.0 Å². The predicted molar refractivity (Wildman–Crippen MR) is 194 cm³/mol. The monoisotopic (exact) mass is 755 g/mol. The van der Waals surface area contributed by atoms with Gasteiger partial charge in [-0.15, -0.1) is 0 Å². The predicted octanol–water partition coefficient (Wildman–Crippen LogP) is 5.45. The molecule has 1 spiro atoms. The highest BCUT2D eigenvalue weighted by Gasteiger charge is 2.75. The number of benzene rings is 1. The Bertz CT molecular complexity index is 1520. The van der Waals surface area contributed by atoms with Crippen LogP contribution in [-0.2, 0) is 28.7 Å². The maximum Gasteiger partial charge on any atom is 0.313 e. The molecule has 1 aromatic carbocycles. The Morgan fingerprint density at radius 3 is 2.32 bits per heavy atom. The van der Waals surface area contributed by atoms with Gasteiger partial charge in [0, 0.05) is 23.0 Å². The summed E-state index contributed by atoms with van der Waals surface area (Å²) in [7, 11) is 0. The van der Waals surface area contributed by atoms with Crippen molar-refractivity contribution in [2.24, 2.45) is 23.2 Å². The highest BCUT2D eigenvalue weighted by molar-refractivity contribution is 9.11. The van der Waals surface area contributed by atoms with E-state index in [1.807, 2.05) is 70.2 Å². The molecule has 5 rings (SSSR count). The third-order valence-corrected chi connectivity index (χ3v) is 11.1. The molecule has 11 heteroatoms. The minimum Gasteiger partial charge on any atom is -0.455 e. The van der Waals surface area contributed by atoms with Gasteiger partial charge >= 0.3 is 5.97 Å². The van der Waals surface area contributed by atoms with Crippen LogP contribution in [0.3, 0.4) is 0 Å². The molecule has 4 aliphatic heterocycles. The largest absolute Gasteiger partial charge is 0.455 e. The second-order valence-electron chi connectivity index (χ2n) is 16.7. The lowest BCUT2D eigenvalue weighted by Gasteiger charge is -2.46. The summed E-state index contributed by atoms with van der Waals surface area (Å²) in [6, 6.07) is 6.82. The zero-order valence-electron chi connectivity index (χ0n) is 30.6. The smallest absolute Gasteiger partial charge is 0.313 e. The summed E-state index contributed by atoms with van der Waals surface area (Å²) < 4.78 is 13.6. The molecule has 3 amide bonds. The first-order valence-corrected chi connectivity index (χ1v) is 18.7. The molecule has 274 valence electrons. The number of esters is 1. The van der Waals surface area contributed by atoms with Crippen LogP contribution >= 0.6 is 15.9 Å². The van der Waals surface area contributed by atoms with E-state index in [2.05, 4.69) is 42.0 Å². The van der Waals surface area contributed by atoms with Crippen LogP contribution in [0.25, 0.3) is 0 Å². The number of rotatable bonds is 7. The summed E-state index contributed by atoms with van der Waals surface area (Å²) >= 11 is 3.64. The highest BCUT2D eigenvalue weighted by atomic mass is 79.9. The van der Waals surface area contributed by atoms with Crippen molar-refractivity contribution in [1.82, 2.24) is 15.1 Å². The molecule has 0 unspecified atom stereocenters. The Balaban J connectivity index is 1.68. The standard InChI is InChI=1S/C39H54BrN3O7/c1-23(2)19-26(21-44)43-33-35(47)42(38(7,8)22-37(4,5)6)18-14-10-13-17-28(45)41-24(3)31(25-15-11-9-12-16-25)49-36(48)29-30(34(43)46)39(33)20-27(40)32(29)50-39/h9-12,14-16,20,23-24,26,29-33,44H,13,17-19,21-22H2,1-8H3,(H,41,45)/b14-10-/t24-,26+,29+,30-,31+,32+,33+,39-/m0/s1. The SMILES string of the molecule is CC(C)C[C@H](CO)N1C(=O)[C@@H]2[C@H]3C(=O)O[C@@H](c4ccccc4)[C@H](C)NC(=O)CC/C=C\CN(C(C)(C)CC(C)(C)C)C(=O)[C@@H]1[C@]21C=C(Br)[C@H]3O1. The molecule has 0 radical (unpaired) electrons. The van der Waals surface area contributed by atoms with Gasteiger partial charge in [-0.3, -0.25) is 19.2 Å². The molecular weight excluding hydrogens is 702 g/mol. The number of carbonyl (C=O) groups excluding carboxylic acids is 4. The van der Waals surface area contributed by atoms with Crippen molar-refractivity contribution in [2.45, 2.75) is 123 Å². The molecule has 2 saturated heterocycles. The molecule has 0 saturated carbocycles. The average molecular weight is 757 g/mol. The Kier molecular flexibility index (Phi) is 11.1. The zero-order chi connectivity index (χ0) is 36.8. The number of fused-ring (bicyclic) bond motifs is 2. The Morgan fingerprint density at radius 1 is 1.02 bits per heavy atom. The normalized spacial score (nSPS) is 32.2. The third kappa shape index (κ3) is 7.33. The summed E-state index contributed by atoms with van der Waals surface area (Å²) in [6.45, 7) is 16.1. The molecule has 2 N–H and O–H groups in total. The van der Waals surface area contributed by atoms with Crippen LogP contribution in [0, 0.1) is 23.2 Å². The molecule has 10 nitrogen and oxygen atoms in total. The van der Waals surface area contributed by atoms with Gasteiger partial charge in [0.2, 0.25) is 17.7 Å². The number of nitrogens with zero attached hydrogens (tertiary/aromatic N) is 2. The minimum atomic E-state index is -1.47.